The van der Waals surface area contributed by atoms with Gasteiger partial charge in [-0.15, -0.1) is 12.4 Å². The molecule has 0 unspecified atom stereocenters. The fourth-order valence-electron chi connectivity index (χ4n) is 5.03. The number of nitrogens with zero attached hydrogens (tertiary/aromatic N) is 4. The van der Waals surface area contributed by atoms with Crippen LogP contribution in [0.25, 0.3) is 10.9 Å². The number of fused-ring (bicyclic) bond motifs is 1. The normalized spacial score (nSPS) is 16.3. The molecule has 1 fully saturated rings. The highest BCUT2D eigenvalue weighted by atomic mass is 35.5. The molecule has 1 aliphatic heterocycles. The molecule has 0 spiro atoms. The van der Waals surface area contributed by atoms with E-state index in [-0.39, 0.29) is 36.4 Å². The summed E-state index contributed by atoms with van der Waals surface area (Å²) in [7, 11) is 3.23. The Labute approximate surface area is 262 Å². The summed E-state index contributed by atoms with van der Waals surface area (Å²) in [5, 5.41) is 10.1. The Morgan fingerprint density at radius 3 is 2.53 bits per heavy atom. The summed E-state index contributed by atoms with van der Waals surface area (Å²) in [5.41, 5.74) is 1.43. The highest BCUT2D eigenvalue weighted by Crippen LogP contribution is 2.32. The first-order valence-corrected chi connectivity index (χ1v) is 14.3. The number of halogens is 2. The van der Waals surface area contributed by atoms with Crippen LogP contribution in [0, 0.1) is 5.41 Å². The molecule has 1 saturated heterocycles. The molecule has 0 saturated carbocycles. The number of methoxy groups -OCH3 is 1. The number of nitrogens with one attached hydrogen (secondary N) is 3. The van der Waals surface area contributed by atoms with Crippen molar-refractivity contribution in [3.05, 3.63) is 47.5 Å². The molecular weight excluding hydrogens is 593 g/mol. The third kappa shape index (κ3) is 7.90. The molecule has 43 heavy (non-hydrogen) atoms. The molecule has 2 amide bonds. The molecule has 4 rings (SSSR count). The first-order chi connectivity index (χ1) is 19.9. The van der Waals surface area contributed by atoms with E-state index in [4.69, 9.17) is 16.3 Å². The van der Waals surface area contributed by atoms with Crippen LogP contribution in [0.1, 0.15) is 46.1 Å². The largest absolute Gasteiger partial charge is 0.496 e. The number of anilines is 2. The molecule has 1 aliphatic rings. The molecule has 13 heteroatoms. The van der Waals surface area contributed by atoms with Gasteiger partial charge in [-0.05, 0) is 50.4 Å². The third-order valence-electron chi connectivity index (χ3n) is 7.53. The van der Waals surface area contributed by atoms with Crippen molar-refractivity contribution < 1.29 is 19.1 Å². The molecule has 3 aromatic rings. The van der Waals surface area contributed by atoms with Crippen LogP contribution < -0.4 is 20.7 Å². The predicted octanol–water partition coefficient (Wildman–Crippen LogP) is 4.09. The van der Waals surface area contributed by atoms with Crippen molar-refractivity contribution in [3.63, 3.8) is 0 Å². The number of hydrogen-bond acceptors (Lipinski definition) is 9. The van der Waals surface area contributed by atoms with Gasteiger partial charge in [-0.25, -0.2) is 15.0 Å². The van der Waals surface area contributed by atoms with Gasteiger partial charge in [-0.3, -0.25) is 14.4 Å². The van der Waals surface area contributed by atoms with Crippen molar-refractivity contribution in [1.82, 2.24) is 30.5 Å². The minimum absolute atomic E-state index is 0. The number of ether oxygens (including phenoxy) is 1. The average molecular weight is 633 g/mol. The van der Waals surface area contributed by atoms with Gasteiger partial charge in [-0.1, -0.05) is 32.4 Å². The monoisotopic (exact) mass is 631 g/mol. The van der Waals surface area contributed by atoms with Crippen LogP contribution >= 0.6 is 24.0 Å². The van der Waals surface area contributed by atoms with E-state index in [1.54, 1.807) is 50.4 Å². The number of benzene rings is 1. The van der Waals surface area contributed by atoms with Crippen LogP contribution in [0.15, 0.2) is 36.8 Å². The fraction of sp³-hybridized carbons (Fsp3) is 0.467. The minimum atomic E-state index is -0.780. The van der Waals surface area contributed by atoms with Crippen molar-refractivity contribution in [2.45, 2.75) is 65.1 Å². The van der Waals surface area contributed by atoms with Gasteiger partial charge in [0, 0.05) is 30.0 Å². The SMILES string of the molecule is CN[C@@H](C)C(=O)N[C@H](C(=O)N1CCC[C@H]1C(=O)Cc1cc2c(Nc3ccc(Cl)nc3)ncnc2cc1OC)C(C)(C)C.Cl. The number of ketones is 1. The number of likely N-dealkylation sites (tertiary alicyclic amines) is 1. The minimum Gasteiger partial charge on any atom is -0.496 e. The lowest BCUT2D eigenvalue weighted by molar-refractivity contribution is -0.143. The van der Waals surface area contributed by atoms with Gasteiger partial charge in [-0.2, -0.15) is 0 Å². The number of carbonyl (C=O) groups is 3. The number of hydrogen-bond donors (Lipinski definition) is 3. The highest BCUT2D eigenvalue weighted by molar-refractivity contribution is 6.29. The second kappa shape index (κ2) is 14.3. The molecule has 11 nitrogen and oxygen atoms in total. The van der Waals surface area contributed by atoms with Crippen molar-refractivity contribution in [2.75, 3.05) is 26.0 Å². The van der Waals surface area contributed by atoms with Crippen LogP contribution in [0.2, 0.25) is 5.15 Å². The van der Waals surface area contributed by atoms with Crippen LogP contribution in [-0.2, 0) is 20.8 Å². The standard InChI is InChI=1S/C30H38ClN7O4.ClH/c1-17(32-5)28(40)37-26(30(2,3)4)29(41)38-11-7-8-22(38)23(39)13-18-12-20-21(14-24(18)42-6)34-16-35-27(20)36-19-9-10-25(31)33-15-19;/h9-10,12,14-17,22,26,32H,7-8,11,13H2,1-6H3,(H,37,40)(H,34,35,36);1H/t17-,22-,26+;/m0./s1. The lowest BCUT2D eigenvalue weighted by atomic mass is 9.85. The Morgan fingerprint density at radius 2 is 1.91 bits per heavy atom. The summed E-state index contributed by atoms with van der Waals surface area (Å²) in [6.45, 7) is 7.89. The summed E-state index contributed by atoms with van der Waals surface area (Å²) < 4.78 is 5.63. The van der Waals surface area contributed by atoms with Gasteiger partial charge in [0.05, 0.1) is 36.6 Å². The summed E-state index contributed by atoms with van der Waals surface area (Å²) >= 11 is 5.92. The molecule has 0 bridgehead atoms. The Bertz CT molecular complexity index is 1460. The number of aromatic nitrogens is 3. The van der Waals surface area contributed by atoms with Crippen LogP contribution in [0.4, 0.5) is 11.5 Å². The number of rotatable bonds is 10. The van der Waals surface area contributed by atoms with E-state index in [1.165, 1.54) is 6.33 Å². The summed E-state index contributed by atoms with van der Waals surface area (Å²) in [6, 6.07) is 5.23. The van der Waals surface area contributed by atoms with Gasteiger partial charge >= 0.3 is 0 Å². The van der Waals surface area contributed by atoms with Gasteiger partial charge < -0.3 is 25.6 Å². The molecule has 1 aromatic carbocycles. The molecular formula is C30H39Cl2N7O4. The van der Waals surface area contributed by atoms with E-state index in [0.29, 0.717) is 58.3 Å². The van der Waals surface area contributed by atoms with Crippen molar-refractivity contribution in [1.29, 1.82) is 0 Å². The highest BCUT2D eigenvalue weighted by Gasteiger charge is 2.42. The second-order valence-corrected chi connectivity index (χ2v) is 11.9. The summed E-state index contributed by atoms with van der Waals surface area (Å²) in [6.07, 6.45) is 4.35. The quantitative estimate of drug-likeness (QED) is 0.282. The molecule has 232 valence electrons. The second-order valence-electron chi connectivity index (χ2n) is 11.5. The predicted molar refractivity (Wildman–Crippen MR) is 169 cm³/mol. The van der Waals surface area contributed by atoms with Crippen LogP contribution in [0.3, 0.4) is 0 Å². The first-order valence-electron chi connectivity index (χ1n) is 13.9. The topological polar surface area (TPSA) is 138 Å². The molecule has 0 radical (unpaired) electrons. The third-order valence-corrected chi connectivity index (χ3v) is 7.75. The van der Waals surface area contributed by atoms with Crippen molar-refractivity contribution >= 4 is 64.0 Å². The van der Waals surface area contributed by atoms with Gasteiger partial charge in [0.15, 0.2) is 5.78 Å². The van der Waals surface area contributed by atoms with E-state index in [9.17, 15) is 14.4 Å². The molecule has 3 atom stereocenters. The zero-order valence-electron chi connectivity index (χ0n) is 25.2. The maximum atomic E-state index is 13.8. The van der Waals surface area contributed by atoms with E-state index >= 15 is 0 Å². The Morgan fingerprint density at radius 1 is 1.16 bits per heavy atom. The Kier molecular flexibility index (Phi) is 11.3. The molecule has 3 heterocycles. The maximum absolute atomic E-state index is 13.8. The smallest absolute Gasteiger partial charge is 0.246 e. The zero-order chi connectivity index (χ0) is 30.6. The van der Waals surface area contributed by atoms with Gasteiger partial charge in [0.25, 0.3) is 0 Å². The van der Waals surface area contributed by atoms with E-state index in [0.717, 1.165) is 0 Å². The first kappa shape index (κ1) is 34.0. The maximum Gasteiger partial charge on any atom is 0.246 e. The average Bonchev–Trinajstić information content (AvgIpc) is 3.46. The zero-order valence-corrected chi connectivity index (χ0v) is 26.8. The molecule has 3 N–H and O–H groups in total. The van der Waals surface area contributed by atoms with E-state index in [2.05, 4.69) is 30.9 Å². The van der Waals surface area contributed by atoms with Crippen molar-refractivity contribution in [2.24, 2.45) is 5.41 Å². The van der Waals surface area contributed by atoms with Gasteiger partial charge in [0.1, 0.15) is 29.1 Å². The number of amides is 2. The number of carbonyl (C=O) groups excluding carboxylic acids is 3. The molecule has 0 aliphatic carbocycles. The lowest BCUT2D eigenvalue weighted by Gasteiger charge is -2.36. The summed E-state index contributed by atoms with van der Waals surface area (Å²) in [4.78, 5) is 54.8. The fourth-order valence-corrected chi connectivity index (χ4v) is 5.14. The number of pyridine rings is 1. The van der Waals surface area contributed by atoms with E-state index < -0.39 is 23.5 Å². The summed E-state index contributed by atoms with van der Waals surface area (Å²) in [5.74, 6) is 0.434. The van der Waals surface area contributed by atoms with E-state index in [1.807, 2.05) is 26.8 Å². The van der Waals surface area contributed by atoms with Gasteiger partial charge in [0.2, 0.25) is 11.8 Å². The lowest BCUT2D eigenvalue weighted by Crippen LogP contribution is -2.58. The Hall–Kier alpha value is -3.54. The van der Waals surface area contributed by atoms with Crippen LogP contribution in [-0.4, -0.2) is 76.3 Å². The Balaban J connectivity index is 0.00000506. The number of likely N-dealkylation sites (N-methyl/N-ethyl adjacent to an activating group) is 1. The number of Topliss-reactive ketones (excluding diaryl/α,β-unsaturated/α-hetero) is 1. The van der Waals surface area contributed by atoms with Crippen molar-refractivity contribution in [3.8, 4) is 5.75 Å². The molecule has 2 aromatic heterocycles. The van der Waals surface area contributed by atoms with Crippen LogP contribution in [0.5, 0.6) is 5.75 Å².